The lowest BCUT2D eigenvalue weighted by Gasteiger charge is -2.43. The van der Waals surface area contributed by atoms with Gasteiger partial charge in [-0.25, -0.2) is 0 Å². The molecular formula is C21H44O5Si2. The highest BCUT2D eigenvalue weighted by molar-refractivity contribution is 6.74. The van der Waals surface area contributed by atoms with E-state index in [2.05, 4.69) is 67.7 Å². The van der Waals surface area contributed by atoms with Crippen LogP contribution >= 0.6 is 0 Å². The van der Waals surface area contributed by atoms with Crippen molar-refractivity contribution in [2.45, 2.75) is 111 Å². The van der Waals surface area contributed by atoms with Crippen molar-refractivity contribution in [2.24, 2.45) is 5.41 Å². The van der Waals surface area contributed by atoms with E-state index in [1.54, 1.807) is 0 Å². The van der Waals surface area contributed by atoms with Crippen molar-refractivity contribution in [3.05, 3.63) is 0 Å². The van der Waals surface area contributed by atoms with E-state index < -0.39 is 34.3 Å². The van der Waals surface area contributed by atoms with E-state index in [1.165, 1.54) is 0 Å². The Morgan fingerprint density at radius 2 is 1.21 bits per heavy atom. The summed E-state index contributed by atoms with van der Waals surface area (Å²) in [6, 6.07) is 0. The van der Waals surface area contributed by atoms with E-state index in [0.717, 1.165) is 6.29 Å². The number of rotatable bonds is 8. The summed E-state index contributed by atoms with van der Waals surface area (Å²) in [5, 5.41) is -0.0818. The Hall–Kier alpha value is -0.506. The Bertz CT molecular complexity index is 536. The van der Waals surface area contributed by atoms with E-state index >= 15 is 0 Å². The highest BCUT2D eigenvalue weighted by Crippen LogP contribution is 2.40. The first kappa shape index (κ1) is 27.5. The Morgan fingerprint density at radius 3 is 1.54 bits per heavy atom. The Labute approximate surface area is 175 Å². The standard InChI is InChI=1S/C21H44O5Si2/c1-19(2,3)18(23)24-15-17(26-28(12,13)21(7,8)9)16(14-22)25-27(10,11)20(4,5)6/h14,16-17H,15H2,1-13H3/t16-,17-/m1/s1. The summed E-state index contributed by atoms with van der Waals surface area (Å²) in [4.78, 5) is 24.3. The molecule has 0 aromatic carbocycles. The highest BCUT2D eigenvalue weighted by atomic mass is 28.4. The third kappa shape index (κ3) is 7.73. The van der Waals surface area contributed by atoms with Gasteiger partial charge in [0, 0.05) is 0 Å². The van der Waals surface area contributed by atoms with E-state index in [0.29, 0.717) is 0 Å². The zero-order valence-corrected chi connectivity index (χ0v) is 22.5. The minimum Gasteiger partial charge on any atom is -0.462 e. The van der Waals surface area contributed by atoms with E-state index in [-0.39, 0.29) is 22.7 Å². The third-order valence-corrected chi connectivity index (χ3v) is 15.0. The first-order chi connectivity index (χ1) is 12.2. The zero-order chi connectivity index (χ0) is 22.8. The molecular weight excluding hydrogens is 388 g/mol. The average Bonchev–Trinajstić information content (AvgIpc) is 2.45. The van der Waals surface area contributed by atoms with Crippen LogP contribution in [0.15, 0.2) is 0 Å². The van der Waals surface area contributed by atoms with Gasteiger partial charge in [-0.3, -0.25) is 4.79 Å². The molecule has 0 saturated heterocycles. The second-order valence-corrected chi connectivity index (χ2v) is 21.3. The summed E-state index contributed by atoms with van der Waals surface area (Å²) in [7, 11) is -4.40. The van der Waals surface area contributed by atoms with Crippen molar-refractivity contribution in [1.29, 1.82) is 0 Å². The van der Waals surface area contributed by atoms with Crippen LogP contribution in [0.4, 0.5) is 0 Å². The smallest absolute Gasteiger partial charge is 0.311 e. The van der Waals surface area contributed by atoms with Crippen molar-refractivity contribution in [1.82, 2.24) is 0 Å². The molecule has 0 saturated carbocycles. The largest absolute Gasteiger partial charge is 0.462 e. The maximum absolute atomic E-state index is 12.3. The van der Waals surface area contributed by atoms with Crippen LogP contribution in [-0.2, 0) is 23.2 Å². The number of carbonyl (C=O) groups is 2. The molecule has 0 spiro atoms. The molecule has 166 valence electrons. The molecule has 0 rings (SSSR count). The van der Waals surface area contributed by atoms with Crippen molar-refractivity contribution < 1.29 is 23.2 Å². The SMILES string of the molecule is CC(C)(C)C(=O)OC[C@@H](O[Si](C)(C)C(C)(C)C)[C@@H](C=O)O[Si](C)(C)C(C)(C)C. The van der Waals surface area contributed by atoms with Gasteiger partial charge >= 0.3 is 5.97 Å². The van der Waals surface area contributed by atoms with E-state index in [9.17, 15) is 9.59 Å². The van der Waals surface area contributed by atoms with Crippen LogP contribution in [-0.4, -0.2) is 47.7 Å². The minimum atomic E-state index is -2.20. The molecule has 28 heavy (non-hydrogen) atoms. The maximum atomic E-state index is 12.3. The third-order valence-electron chi connectivity index (χ3n) is 5.98. The first-order valence-electron chi connectivity index (χ1n) is 10.1. The molecule has 0 N–H and O–H groups in total. The molecule has 0 heterocycles. The van der Waals surface area contributed by atoms with Crippen molar-refractivity contribution in [3.63, 3.8) is 0 Å². The van der Waals surface area contributed by atoms with E-state index in [4.69, 9.17) is 13.6 Å². The first-order valence-corrected chi connectivity index (χ1v) is 16.0. The lowest BCUT2D eigenvalue weighted by Crippen LogP contribution is -2.54. The highest BCUT2D eigenvalue weighted by Gasteiger charge is 2.45. The Morgan fingerprint density at radius 1 is 0.821 bits per heavy atom. The van der Waals surface area contributed by atoms with Crippen LogP contribution < -0.4 is 0 Å². The molecule has 0 aliphatic rings. The lowest BCUT2D eigenvalue weighted by atomic mass is 9.97. The van der Waals surface area contributed by atoms with Crippen LogP contribution in [0.2, 0.25) is 36.3 Å². The molecule has 0 aromatic heterocycles. The van der Waals surface area contributed by atoms with Gasteiger partial charge in [0.05, 0.1) is 5.41 Å². The van der Waals surface area contributed by atoms with Crippen LogP contribution in [0, 0.1) is 5.41 Å². The predicted octanol–water partition coefficient (Wildman–Crippen LogP) is 5.56. The van der Waals surface area contributed by atoms with Crippen molar-refractivity contribution in [2.75, 3.05) is 6.61 Å². The molecule has 0 radical (unpaired) electrons. The zero-order valence-electron chi connectivity index (χ0n) is 20.5. The molecule has 5 nitrogen and oxygen atoms in total. The predicted molar refractivity (Wildman–Crippen MR) is 121 cm³/mol. The fraction of sp³-hybridized carbons (Fsp3) is 0.905. The van der Waals surface area contributed by atoms with Crippen LogP contribution in [0.5, 0.6) is 0 Å². The Balaban J connectivity index is 5.73. The molecule has 0 unspecified atom stereocenters. The fourth-order valence-electron chi connectivity index (χ4n) is 1.83. The van der Waals surface area contributed by atoms with Gasteiger partial charge in [-0.15, -0.1) is 0 Å². The summed E-state index contributed by atoms with van der Waals surface area (Å²) in [6.45, 7) is 26.7. The molecule has 7 heteroatoms. The van der Waals surface area contributed by atoms with Gasteiger partial charge in [-0.1, -0.05) is 41.5 Å². The summed E-state index contributed by atoms with van der Waals surface area (Å²) < 4.78 is 18.4. The molecule has 0 aliphatic carbocycles. The second kappa shape index (κ2) is 9.10. The van der Waals surface area contributed by atoms with Crippen LogP contribution in [0.1, 0.15) is 62.3 Å². The molecule has 0 fully saturated rings. The normalized spacial score (nSPS) is 16.5. The molecule has 0 amide bonds. The minimum absolute atomic E-state index is 0.0145. The monoisotopic (exact) mass is 432 g/mol. The lowest BCUT2D eigenvalue weighted by molar-refractivity contribution is -0.158. The number of hydrogen-bond donors (Lipinski definition) is 0. The molecule has 0 aromatic rings. The summed E-state index contributed by atoms with van der Waals surface area (Å²) >= 11 is 0. The number of ether oxygens (including phenoxy) is 1. The fourth-order valence-corrected chi connectivity index (χ4v) is 4.39. The molecule has 2 atom stereocenters. The van der Waals surface area contributed by atoms with Gasteiger partial charge in [0.25, 0.3) is 0 Å². The van der Waals surface area contributed by atoms with Gasteiger partial charge in [0.15, 0.2) is 16.6 Å². The average molecular weight is 433 g/mol. The quantitative estimate of drug-likeness (QED) is 0.286. The van der Waals surface area contributed by atoms with Gasteiger partial charge in [-0.2, -0.15) is 0 Å². The molecule has 0 bridgehead atoms. The maximum Gasteiger partial charge on any atom is 0.311 e. The summed E-state index contributed by atoms with van der Waals surface area (Å²) in [6.07, 6.45) is -0.565. The van der Waals surface area contributed by atoms with Gasteiger partial charge in [0.2, 0.25) is 0 Å². The van der Waals surface area contributed by atoms with Crippen LogP contribution in [0.3, 0.4) is 0 Å². The van der Waals surface area contributed by atoms with Gasteiger partial charge in [0.1, 0.15) is 25.1 Å². The number of esters is 1. The van der Waals surface area contributed by atoms with Crippen molar-refractivity contribution >= 4 is 28.9 Å². The number of carbonyl (C=O) groups excluding carboxylic acids is 2. The second-order valence-electron chi connectivity index (χ2n) is 11.7. The summed E-state index contributed by atoms with van der Waals surface area (Å²) in [5.74, 6) is -0.312. The van der Waals surface area contributed by atoms with E-state index in [1.807, 2.05) is 20.8 Å². The Kier molecular flexibility index (Phi) is 8.94. The molecule has 0 aliphatic heterocycles. The number of hydrogen-bond acceptors (Lipinski definition) is 5. The van der Waals surface area contributed by atoms with Crippen molar-refractivity contribution in [3.8, 4) is 0 Å². The number of aldehydes is 1. The summed E-state index contributed by atoms with van der Waals surface area (Å²) in [5.41, 5.74) is -0.613. The van der Waals surface area contributed by atoms with Gasteiger partial charge in [-0.05, 0) is 57.0 Å². The topological polar surface area (TPSA) is 61.8 Å². The van der Waals surface area contributed by atoms with Gasteiger partial charge < -0.3 is 18.4 Å². The van der Waals surface area contributed by atoms with Crippen LogP contribution in [0.25, 0.3) is 0 Å².